The number of epoxide rings is 1. The van der Waals surface area contributed by atoms with Crippen LogP contribution in [0.2, 0.25) is 5.02 Å². The molecule has 0 saturated carbocycles. The maximum absolute atomic E-state index is 14.6. The van der Waals surface area contributed by atoms with Gasteiger partial charge in [-0.2, -0.15) is 26.3 Å². The summed E-state index contributed by atoms with van der Waals surface area (Å²) in [6.45, 7) is 0. The van der Waals surface area contributed by atoms with Gasteiger partial charge in [0.1, 0.15) is 11.9 Å². The summed E-state index contributed by atoms with van der Waals surface area (Å²) in [5.41, 5.74) is -9.71. The van der Waals surface area contributed by atoms with Crippen molar-refractivity contribution in [1.82, 2.24) is 0 Å². The molecule has 3 unspecified atom stereocenters. The van der Waals surface area contributed by atoms with E-state index in [4.69, 9.17) is 55.7 Å². The van der Waals surface area contributed by atoms with E-state index in [2.05, 4.69) is 4.52 Å². The minimum absolute atomic E-state index is 0.287. The number of rotatable bonds is 1. The van der Waals surface area contributed by atoms with Gasteiger partial charge in [0, 0.05) is 10.6 Å². The summed E-state index contributed by atoms with van der Waals surface area (Å²) in [5, 5.41) is -0.864. The number of benzene rings is 2. The molecular formula is C18H9Cl4F6O4P. The van der Waals surface area contributed by atoms with E-state index in [0.717, 1.165) is 30.3 Å². The van der Waals surface area contributed by atoms with E-state index in [9.17, 15) is 30.9 Å². The summed E-state index contributed by atoms with van der Waals surface area (Å²) in [4.78, 5) is 0. The summed E-state index contributed by atoms with van der Waals surface area (Å²) < 4.78 is 113. The molecule has 1 fully saturated rings. The number of ether oxygens (including phenoxy) is 1. The van der Waals surface area contributed by atoms with Gasteiger partial charge in [-0.05, 0) is 30.3 Å². The second-order valence-electron chi connectivity index (χ2n) is 7.11. The van der Waals surface area contributed by atoms with Crippen molar-refractivity contribution in [3.63, 3.8) is 0 Å². The highest BCUT2D eigenvalue weighted by Gasteiger charge is 2.94. The highest BCUT2D eigenvalue weighted by molar-refractivity contribution is 7.62. The molecular weight excluding hydrogens is 567 g/mol. The SMILES string of the molecule is O=P1(c2ccccc2)Oc2ccc(Cl)cc2C2(OC2C(Cl)(Cl)Cl)C(C(F)(F)F)(C(F)(F)F)O1. The van der Waals surface area contributed by atoms with Crippen molar-refractivity contribution in [1.29, 1.82) is 0 Å². The molecule has 15 heteroatoms. The Morgan fingerprint density at radius 2 is 1.48 bits per heavy atom. The highest BCUT2D eigenvalue weighted by Crippen LogP contribution is 2.76. The van der Waals surface area contributed by atoms with Crippen LogP contribution in [0.1, 0.15) is 5.56 Å². The zero-order valence-corrected chi connectivity index (χ0v) is 19.5. The quantitative estimate of drug-likeness (QED) is 0.158. The number of hydrogen-bond acceptors (Lipinski definition) is 4. The fourth-order valence-electron chi connectivity index (χ4n) is 3.78. The van der Waals surface area contributed by atoms with E-state index < -0.39 is 57.7 Å². The molecule has 2 aliphatic heterocycles. The highest BCUT2D eigenvalue weighted by atomic mass is 35.6. The molecule has 0 radical (unpaired) electrons. The predicted molar refractivity (Wildman–Crippen MR) is 109 cm³/mol. The van der Waals surface area contributed by atoms with Crippen molar-refractivity contribution in [3.8, 4) is 5.75 Å². The summed E-state index contributed by atoms with van der Waals surface area (Å²) >= 11 is 23.0. The average Bonchev–Trinajstić information content (AvgIpc) is 3.44. The average molecular weight is 576 g/mol. The van der Waals surface area contributed by atoms with E-state index >= 15 is 0 Å². The normalized spacial score (nSPS) is 29.2. The van der Waals surface area contributed by atoms with E-state index in [1.165, 1.54) is 18.2 Å². The lowest BCUT2D eigenvalue weighted by atomic mass is 9.77. The predicted octanol–water partition coefficient (Wildman–Crippen LogP) is 7.10. The van der Waals surface area contributed by atoms with Crippen LogP contribution in [0.5, 0.6) is 5.75 Å². The van der Waals surface area contributed by atoms with Crippen LogP contribution >= 0.6 is 54.0 Å². The molecule has 1 spiro atoms. The van der Waals surface area contributed by atoms with Gasteiger partial charge in [0.2, 0.25) is 3.79 Å². The van der Waals surface area contributed by atoms with Crippen LogP contribution in [-0.2, 0) is 19.4 Å². The standard InChI is InChI=1S/C18H9Cl4F6O4P/c19-9-6-7-12-11(8-9)14(13(30-14)15(20,21)22)16(17(23,24)25,18(26,27)28)32-33(29,31-12)10-4-2-1-3-5-10/h1-8,13H. The number of fused-ring (bicyclic) bond motifs is 2. The molecule has 180 valence electrons. The Balaban J connectivity index is 2.15. The van der Waals surface area contributed by atoms with Crippen LogP contribution in [0.4, 0.5) is 26.3 Å². The van der Waals surface area contributed by atoms with Gasteiger partial charge in [0.25, 0.3) is 0 Å². The molecule has 2 aromatic rings. The zero-order valence-electron chi connectivity index (χ0n) is 15.6. The minimum Gasteiger partial charge on any atom is -0.421 e. The molecule has 1 saturated heterocycles. The Morgan fingerprint density at radius 1 is 0.909 bits per heavy atom. The number of hydrogen-bond donors (Lipinski definition) is 0. The van der Waals surface area contributed by atoms with Gasteiger partial charge in [-0.25, -0.2) is 4.57 Å². The smallest absolute Gasteiger partial charge is 0.421 e. The molecule has 0 amide bonds. The van der Waals surface area contributed by atoms with Crippen LogP contribution in [-0.4, -0.2) is 27.9 Å². The zero-order chi connectivity index (χ0) is 24.7. The van der Waals surface area contributed by atoms with Crippen LogP contribution in [0.3, 0.4) is 0 Å². The Morgan fingerprint density at radius 3 is 1.97 bits per heavy atom. The summed E-state index contributed by atoms with van der Waals surface area (Å²) in [6.07, 6.45) is -14.9. The van der Waals surface area contributed by atoms with Crippen molar-refractivity contribution >= 4 is 59.3 Å². The first-order chi connectivity index (χ1) is 15.0. The third kappa shape index (κ3) is 3.64. The molecule has 33 heavy (non-hydrogen) atoms. The first-order valence-corrected chi connectivity index (χ1v) is 11.8. The second-order valence-corrected chi connectivity index (χ2v) is 11.8. The van der Waals surface area contributed by atoms with Gasteiger partial charge in [-0.1, -0.05) is 64.6 Å². The van der Waals surface area contributed by atoms with Gasteiger partial charge in [0.05, 0.1) is 5.30 Å². The van der Waals surface area contributed by atoms with Crippen molar-refractivity contribution in [2.45, 2.75) is 33.5 Å². The fourth-order valence-corrected chi connectivity index (χ4v) is 6.45. The first-order valence-electron chi connectivity index (χ1n) is 8.74. The van der Waals surface area contributed by atoms with Crippen LogP contribution in [0, 0.1) is 0 Å². The molecule has 3 atom stereocenters. The van der Waals surface area contributed by atoms with Crippen molar-refractivity contribution < 1.29 is 44.7 Å². The number of alkyl halides is 9. The molecule has 0 N–H and O–H groups in total. The van der Waals surface area contributed by atoms with E-state index in [0.29, 0.717) is 0 Å². The summed E-state index contributed by atoms with van der Waals surface area (Å²) in [7, 11) is -5.38. The van der Waals surface area contributed by atoms with Gasteiger partial charge in [0.15, 0.2) is 5.60 Å². The maximum atomic E-state index is 14.6. The van der Waals surface area contributed by atoms with E-state index in [1.54, 1.807) is 0 Å². The lowest BCUT2D eigenvalue weighted by Gasteiger charge is -2.41. The first kappa shape index (κ1) is 25.2. The van der Waals surface area contributed by atoms with Crippen LogP contribution in [0.25, 0.3) is 0 Å². The summed E-state index contributed by atoms with van der Waals surface area (Å²) in [6, 6.07) is 8.59. The van der Waals surface area contributed by atoms with E-state index in [-0.39, 0.29) is 5.02 Å². The minimum atomic E-state index is -6.28. The third-order valence-electron chi connectivity index (χ3n) is 5.12. The molecule has 2 aromatic carbocycles. The van der Waals surface area contributed by atoms with Crippen molar-refractivity contribution in [3.05, 3.63) is 59.1 Å². The lowest BCUT2D eigenvalue weighted by Crippen LogP contribution is -2.67. The molecule has 2 aliphatic rings. The Hall–Kier alpha value is -0.870. The van der Waals surface area contributed by atoms with Gasteiger partial charge in [-0.15, -0.1) is 0 Å². The second kappa shape index (κ2) is 7.56. The van der Waals surface area contributed by atoms with E-state index in [1.807, 2.05) is 0 Å². The van der Waals surface area contributed by atoms with Gasteiger partial charge in [-0.3, -0.25) is 4.52 Å². The lowest BCUT2D eigenvalue weighted by molar-refractivity contribution is -0.378. The van der Waals surface area contributed by atoms with Crippen LogP contribution in [0.15, 0.2) is 48.5 Å². The molecule has 4 nitrogen and oxygen atoms in total. The Bertz CT molecular complexity index is 1120. The van der Waals surface area contributed by atoms with Crippen molar-refractivity contribution in [2.24, 2.45) is 0 Å². The van der Waals surface area contributed by atoms with Crippen LogP contribution < -0.4 is 9.83 Å². The Labute approximate surface area is 202 Å². The molecule has 0 aromatic heterocycles. The molecule has 4 rings (SSSR count). The molecule has 0 bridgehead atoms. The van der Waals surface area contributed by atoms with Crippen molar-refractivity contribution in [2.75, 3.05) is 0 Å². The largest absolute Gasteiger partial charge is 0.430 e. The summed E-state index contributed by atoms with van der Waals surface area (Å²) in [5.74, 6) is -0.682. The molecule has 0 aliphatic carbocycles. The monoisotopic (exact) mass is 574 g/mol. The topological polar surface area (TPSA) is 48.1 Å². The van der Waals surface area contributed by atoms with Gasteiger partial charge < -0.3 is 9.26 Å². The fraction of sp³-hybridized carbons (Fsp3) is 0.333. The maximum Gasteiger partial charge on any atom is 0.430 e. The van der Waals surface area contributed by atoms with Gasteiger partial charge >= 0.3 is 25.5 Å². The Kier molecular flexibility index (Phi) is 5.78. The third-order valence-corrected chi connectivity index (χ3v) is 7.84. The molecule has 2 heterocycles. The number of halogens is 10.